The molecule has 0 aromatic heterocycles. The molecule has 0 heterocycles. The second-order valence-electron chi connectivity index (χ2n) is 7.02. The molecule has 0 unspecified atom stereocenters. The molecular formula is C24H26N2O4S. The van der Waals surface area contributed by atoms with Gasteiger partial charge in [-0.3, -0.25) is 9.10 Å². The normalized spacial score (nSPS) is 11.2. The highest BCUT2D eigenvalue weighted by atomic mass is 32.2. The number of nitrogens with zero attached hydrogens (tertiary/aromatic N) is 2. The van der Waals surface area contributed by atoms with Gasteiger partial charge in [-0.2, -0.15) is 0 Å². The Hall–Kier alpha value is -3.32. The van der Waals surface area contributed by atoms with Crippen molar-refractivity contribution in [2.75, 3.05) is 17.4 Å². The lowest BCUT2D eigenvalue weighted by Gasteiger charge is -2.25. The van der Waals surface area contributed by atoms with Crippen LogP contribution in [0.4, 0.5) is 5.69 Å². The maximum atomic E-state index is 13.4. The van der Waals surface area contributed by atoms with Crippen LogP contribution in [-0.4, -0.2) is 37.4 Å². The predicted octanol–water partition coefficient (Wildman–Crippen LogP) is 4.27. The highest BCUT2D eigenvalue weighted by Crippen LogP contribution is 2.27. The molecule has 0 spiro atoms. The van der Waals surface area contributed by atoms with E-state index < -0.39 is 10.0 Å². The van der Waals surface area contributed by atoms with Crippen molar-refractivity contribution in [1.29, 1.82) is 0 Å². The van der Waals surface area contributed by atoms with Crippen LogP contribution in [0.5, 0.6) is 5.75 Å². The molecule has 0 aliphatic carbocycles. The van der Waals surface area contributed by atoms with Gasteiger partial charge < -0.3 is 10.0 Å². The van der Waals surface area contributed by atoms with Crippen molar-refractivity contribution in [2.45, 2.75) is 25.3 Å². The van der Waals surface area contributed by atoms with Gasteiger partial charge in [-0.1, -0.05) is 30.3 Å². The lowest BCUT2D eigenvalue weighted by atomic mass is 10.1. The standard InChI is InChI=1S/C24H26N2O4S/c1-3-25(4-2)24(28)20-10-8-9-19(17-20)18-26(21-13-15-22(27)16-14-21)31(29,30)23-11-6-5-7-12-23/h5-17,27H,3-4,18H2,1-2H3. The average molecular weight is 439 g/mol. The number of carbonyl (C=O) groups is 1. The van der Waals surface area contributed by atoms with Crippen molar-refractivity contribution in [3.05, 3.63) is 90.0 Å². The minimum Gasteiger partial charge on any atom is -0.508 e. The number of phenols is 1. The van der Waals surface area contributed by atoms with E-state index in [1.807, 2.05) is 13.8 Å². The maximum absolute atomic E-state index is 13.4. The van der Waals surface area contributed by atoms with Gasteiger partial charge in [0, 0.05) is 18.7 Å². The topological polar surface area (TPSA) is 77.9 Å². The summed E-state index contributed by atoms with van der Waals surface area (Å²) in [6.07, 6.45) is 0. The Kier molecular flexibility index (Phi) is 6.97. The fourth-order valence-electron chi connectivity index (χ4n) is 3.32. The number of hydrogen-bond acceptors (Lipinski definition) is 4. The van der Waals surface area contributed by atoms with Crippen LogP contribution >= 0.6 is 0 Å². The van der Waals surface area contributed by atoms with Gasteiger partial charge in [-0.15, -0.1) is 0 Å². The zero-order valence-corrected chi connectivity index (χ0v) is 18.4. The molecule has 0 saturated carbocycles. The summed E-state index contributed by atoms with van der Waals surface area (Å²) in [5.74, 6) is -0.0402. The summed E-state index contributed by atoms with van der Waals surface area (Å²) in [6, 6.07) is 21.2. The highest BCUT2D eigenvalue weighted by molar-refractivity contribution is 7.92. The summed E-state index contributed by atoms with van der Waals surface area (Å²) < 4.78 is 28.1. The molecule has 3 aromatic rings. The number of benzene rings is 3. The number of anilines is 1. The van der Waals surface area contributed by atoms with Gasteiger partial charge in [0.1, 0.15) is 5.75 Å². The highest BCUT2D eigenvalue weighted by Gasteiger charge is 2.25. The van der Waals surface area contributed by atoms with E-state index in [-0.39, 0.29) is 23.1 Å². The minimum absolute atomic E-state index is 0.0430. The van der Waals surface area contributed by atoms with Gasteiger partial charge in [0.2, 0.25) is 0 Å². The molecule has 0 aliphatic heterocycles. The molecule has 0 radical (unpaired) electrons. The number of phenolic OH excluding ortho intramolecular Hbond substituents is 1. The molecule has 0 aliphatic rings. The first-order valence-electron chi connectivity index (χ1n) is 10.1. The first-order valence-corrected chi connectivity index (χ1v) is 11.6. The van der Waals surface area contributed by atoms with Crippen molar-refractivity contribution < 1.29 is 18.3 Å². The van der Waals surface area contributed by atoms with Crippen molar-refractivity contribution >= 4 is 21.6 Å². The van der Waals surface area contributed by atoms with Gasteiger partial charge in [-0.25, -0.2) is 8.42 Å². The monoisotopic (exact) mass is 438 g/mol. The van der Waals surface area contributed by atoms with Crippen LogP contribution in [0.15, 0.2) is 83.8 Å². The Morgan fingerprint density at radius 3 is 2.13 bits per heavy atom. The fraction of sp³-hybridized carbons (Fsp3) is 0.208. The Morgan fingerprint density at radius 1 is 0.871 bits per heavy atom. The van der Waals surface area contributed by atoms with Crippen LogP contribution in [0.1, 0.15) is 29.8 Å². The van der Waals surface area contributed by atoms with E-state index in [4.69, 9.17) is 0 Å². The molecular weight excluding hydrogens is 412 g/mol. The van der Waals surface area contributed by atoms with Crippen molar-refractivity contribution in [3.8, 4) is 5.75 Å². The second-order valence-corrected chi connectivity index (χ2v) is 8.88. The molecule has 3 rings (SSSR count). The van der Waals surface area contributed by atoms with Crippen LogP contribution in [0.2, 0.25) is 0 Å². The van der Waals surface area contributed by atoms with Crippen LogP contribution in [0.3, 0.4) is 0 Å². The first kappa shape index (κ1) is 22.4. The zero-order chi connectivity index (χ0) is 22.4. The molecule has 3 aromatic carbocycles. The minimum atomic E-state index is -3.87. The Morgan fingerprint density at radius 2 is 1.52 bits per heavy atom. The van der Waals surface area contributed by atoms with Crippen molar-refractivity contribution in [2.24, 2.45) is 0 Å². The fourth-order valence-corrected chi connectivity index (χ4v) is 4.79. The Labute approximate surface area is 183 Å². The first-order chi connectivity index (χ1) is 14.9. The third kappa shape index (κ3) is 5.06. The largest absolute Gasteiger partial charge is 0.508 e. The average Bonchev–Trinajstić information content (AvgIpc) is 2.79. The maximum Gasteiger partial charge on any atom is 0.264 e. The number of carbonyl (C=O) groups excluding carboxylic acids is 1. The van der Waals surface area contributed by atoms with E-state index in [2.05, 4.69) is 0 Å². The van der Waals surface area contributed by atoms with E-state index in [0.29, 0.717) is 29.9 Å². The molecule has 1 amide bonds. The summed E-state index contributed by atoms with van der Waals surface area (Å²) in [6.45, 7) is 5.08. The summed E-state index contributed by atoms with van der Waals surface area (Å²) in [4.78, 5) is 14.6. The second kappa shape index (κ2) is 9.66. The van der Waals surface area contributed by atoms with Crippen LogP contribution in [0, 0.1) is 0 Å². The summed E-state index contributed by atoms with van der Waals surface area (Å²) >= 11 is 0. The molecule has 0 bridgehead atoms. The third-order valence-corrected chi connectivity index (χ3v) is 6.81. The van der Waals surface area contributed by atoms with Gasteiger partial charge in [-0.05, 0) is 67.9 Å². The van der Waals surface area contributed by atoms with Gasteiger partial charge >= 0.3 is 0 Å². The quantitative estimate of drug-likeness (QED) is 0.570. The van der Waals surface area contributed by atoms with E-state index in [1.54, 1.807) is 71.6 Å². The van der Waals surface area contributed by atoms with Gasteiger partial charge in [0.15, 0.2) is 0 Å². The molecule has 31 heavy (non-hydrogen) atoms. The SMILES string of the molecule is CCN(CC)C(=O)c1cccc(CN(c2ccc(O)cc2)S(=O)(=O)c2ccccc2)c1. The summed E-state index contributed by atoms with van der Waals surface area (Å²) in [5.41, 5.74) is 1.62. The van der Waals surface area contributed by atoms with E-state index >= 15 is 0 Å². The Balaban J connectivity index is 2.01. The van der Waals surface area contributed by atoms with Crippen molar-refractivity contribution in [3.63, 3.8) is 0 Å². The number of hydrogen-bond donors (Lipinski definition) is 1. The van der Waals surface area contributed by atoms with E-state index in [9.17, 15) is 18.3 Å². The summed E-state index contributed by atoms with van der Waals surface area (Å²) in [7, 11) is -3.87. The lowest BCUT2D eigenvalue weighted by Crippen LogP contribution is -2.31. The molecule has 0 saturated heterocycles. The summed E-state index contributed by atoms with van der Waals surface area (Å²) in [5, 5.41) is 9.63. The lowest BCUT2D eigenvalue weighted by molar-refractivity contribution is 0.0773. The number of rotatable bonds is 8. The molecule has 0 atom stereocenters. The molecule has 1 N–H and O–H groups in total. The van der Waals surface area contributed by atoms with Crippen LogP contribution < -0.4 is 4.31 Å². The van der Waals surface area contributed by atoms with Gasteiger partial charge in [0.05, 0.1) is 17.1 Å². The zero-order valence-electron chi connectivity index (χ0n) is 17.6. The number of aromatic hydroxyl groups is 1. The molecule has 6 nitrogen and oxygen atoms in total. The smallest absolute Gasteiger partial charge is 0.264 e. The van der Waals surface area contributed by atoms with Gasteiger partial charge in [0.25, 0.3) is 15.9 Å². The Bertz CT molecular complexity index is 1130. The van der Waals surface area contributed by atoms with Crippen molar-refractivity contribution in [1.82, 2.24) is 4.90 Å². The van der Waals surface area contributed by atoms with Crippen LogP contribution in [-0.2, 0) is 16.6 Å². The van der Waals surface area contributed by atoms with E-state index in [1.165, 1.54) is 16.4 Å². The third-order valence-electron chi connectivity index (χ3n) is 5.02. The van der Waals surface area contributed by atoms with Crippen LogP contribution in [0.25, 0.3) is 0 Å². The number of sulfonamides is 1. The molecule has 162 valence electrons. The molecule has 7 heteroatoms. The predicted molar refractivity (Wildman–Crippen MR) is 122 cm³/mol. The molecule has 0 fully saturated rings. The number of amides is 1. The van der Waals surface area contributed by atoms with E-state index in [0.717, 1.165) is 0 Å².